The zero-order valence-electron chi connectivity index (χ0n) is 11.2. The van der Waals surface area contributed by atoms with Gasteiger partial charge < -0.3 is 5.11 Å². The van der Waals surface area contributed by atoms with Crippen molar-refractivity contribution < 1.29 is 5.11 Å². The predicted octanol–water partition coefficient (Wildman–Crippen LogP) is 2.69. The molecule has 0 spiro atoms. The lowest BCUT2D eigenvalue weighted by atomic mass is 10.1. The molecule has 0 aliphatic heterocycles. The highest BCUT2D eigenvalue weighted by Gasteiger charge is 2.10. The van der Waals surface area contributed by atoms with Crippen LogP contribution in [0.2, 0.25) is 0 Å². The molecule has 0 saturated heterocycles. The topological polar surface area (TPSA) is 50.9 Å². The van der Waals surface area contributed by atoms with Gasteiger partial charge in [0.2, 0.25) is 0 Å². The first kappa shape index (κ1) is 14.2. The SMILES string of the molecule is CCCCCCCn1nnc(CO)c1CCC. The molecule has 4 nitrogen and oxygen atoms in total. The number of aryl methyl sites for hydroxylation is 1. The van der Waals surface area contributed by atoms with Crippen molar-refractivity contribution in [1.29, 1.82) is 0 Å². The maximum Gasteiger partial charge on any atom is 0.111 e. The lowest BCUT2D eigenvalue weighted by molar-refractivity contribution is 0.275. The number of nitrogens with zero attached hydrogens (tertiary/aromatic N) is 3. The summed E-state index contributed by atoms with van der Waals surface area (Å²) >= 11 is 0. The van der Waals surface area contributed by atoms with Gasteiger partial charge in [-0.25, -0.2) is 4.68 Å². The Bertz CT molecular complexity index is 310. The molecule has 1 rings (SSSR count). The van der Waals surface area contributed by atoms with Gasteiger partial charge in [0.1, 0.15) is 5.69 Å². The van der Waals surface area contributed by atoms with Gasteiger partial charge in [0.05, 0.1) is 12.3 Å². The molecule has 1 heterocycles. The number of aromatic nitrogens is 3. The van der Waals surface area contributed by atoms with E-state index in [-0.39, 0.29) is 6.61 Å². The van der Waals surface area contributed by atoms with Crippen LogP contribution in [0.1, 0.15) is 63.8 Å². The standard InChI is InChI=1S/C13H25N3O/c1-3-5-6-7-8-10-16-13(9-4-2)12(11-17)14-15-16/h17H,3-11H2,1-2H3. The molecule has 0 aromatic carbocycles. The van der Waals surface area contributed by atoms with Crippen LogP contribution in [-0.2, 0) is 19.6 Å². The number of aliphatic hydroxyl groups excluding tert-OH is 1. The summed E-state index contributed by atoms with van der Waals surface area (Å²) in [7, 11) is 0. The van der Waals surface area contributed by atoms with Crippen molar-refractivity contribution in [2.24, 2.45) is 0 Å². The zero-order chi connectivity index (χ0) is 12.5. The van der Waals surface area contributed by atoms with E-state index in [4.69, 9.17) is 0 Å². The first-order chi connectivity index (χ1) is 8.33. The summed E-state index contributed by atoms with van der Waals surface area (Å²) in [6.07, 6.45) is 8.34. The zero-order valence-corrected chi connectivity index (χ0v) is 11.2. The molecule has 0 saturated carbocycles. The van der Waals surface area contributed by atoms with Crippen molar-refractivity contribution in [2.45, 2.75) is 71.9 Å². The smallest absolute Gasteiger partial charge is 0.111 e. The first-order valence-corrected chi connectivity index (χ1v) is 6.85. The fraction of sp³-hybridized carbons (Fsp3) is 0.846. The number of hydrogen-bond donors (Lipinski definition) is 1. The summed E-state index contributed by atoms with van der Waals surface area (Å²) in [5, 5.41) is 17.3. The number of aliphatic hydroxyl groups is 1. The van der Waals surface area contributed by atoms with E-state index in [1.54, 1.807) is 0 Å². The normalized spacial score (nSPS) is 11.0. The maximum atomic E-state index is 9.18. The highest BCUT2D eigenvalue weighted by atomic mass is 16.3. The molecule has 0 bridgehead atoms. The van der Waals surface area contributed by atoms with Gasteiger partial charge in [0.25, 0.3) is 0 Å². The molecule has 0 aliphatic carbocycles. The number of hydrogen-bond acceptors (Lipinski definition) is 3. The molecular formula is C13H25N3O. The third kappa shape index (κ3) is 4.46. The monoisotopic (exact) mass is 239 g/mol. The summed E-state index contributed by atoms with van der Waals surface area (Å²) < 4.78 is 1.97. The van der Waals surface area contributed by atoms with Crippen LogP contribution in [-0.4, -0.2) is 20.1 Å². The van der Waals surface area contributed by atoms with Crippen molar-refractivity contribution in [1.82, 2.24) is 15.0 Å². The van der Waals surface area contributed by atoms with Crippen LogP contribution in [0.15, 0.2) is 0 Å². The number of unbranched alkanes of at least 4 members (excludes halogenated alkanes) is 4. The molecule has 0 amide bonds. The van der Waals surface area contributed by atoms with Crippen molar-refractivity contribution in [3.63, 3.8) is 0 Å². The van der Waals surface area contributed by atoms with Crippen LogP contribution in [0.5, 0.6) is 0 Å². The molecular weight excluding hydrogens is 214 g/mol. The van der Waals surface area contributed by atoms with E-state index >= 15 is 0 Å². The van der Waals surface area contributed by atoms with E-state index in [2.05, 4.69) is 24.2 Å². The van der Waals surface area contributed by atoms with E-state index in [1.165, 1.54) is 25.7 Å². The summed E-state index contributed by atoms with van der Waals surface area (Å²) in [5.74, 6) is 0. The Labute approximate surface area is 104 Å². The van der Waals surface area contributed by atoms with Gasteiger partial charge in [0.15, 0.2) is 0 Å². The highest BCUT2D eigenvalue weighted by molar-refractivity contribution is 5.09. The van der Waals surface area contributed by atoms with Gasteiger partial charge in [-0.15, -0.1) is 5.10 Å². The molecule has 0 atom stereocenters. The van der Waals surface area contributed by atoms with E-state index < -0.39 is 0 Å². The molecule has 17 heavy (non-hydrogen) atoms. The van der Waals surface area contributed by atoms with Gasteiger partial charge in [0, 0.05) is 6.54 Å². The van der Waals surface area contributed by atoms with E-state index in [0.717, 1.165) is 37.2 Å². The van der Waals surface area contributed by atoms with Gasteiger partial charge in [-0.05, 0) is 12.8 Å². The summed E-state index contributed by atoms with van der Waals surface area (Å²) in [6, 6.07) is 0. The molecule has 1 aromatic rings. The minimum absolute atomic E-state index is 0.00513. The van der Waals surface area contributed by atoms with E-state index in [0.29, 0.717) is 0 Å². The molecule has 1 aromatic heterocycles. The predicted molar refractivity (Wildman–Crippen MR) is 68.7 cm³/mol. The van der Waals surface area contributed by atoms with Gasteiger partial charge in [-0.3, -0.25) is 0 Å². The van der Waals surface area contributed by atoms with Gasteiger partial charge in [-0.1, -0.05) is 51.2 Å². The van der Waals surface area contributed by atoms with Gasteiger partial charge >= 0.3 is 0 Å². The fourth-order valence-corrected chi connectivity index (χ4v) is 2.05. The fourth-order valence-electron chi connectivity index (χ4n) is 2.05. The Morgan fingerprint density at radius 2 is 1.82 bits per heavy atom. The average molecular weight is 239 g/mol. The van der Waals surface area contributed by atoms with Crippen LogP contribution in [0.4, 0.5) is 0 Å². The number of rotatable bonds is 9. The maximum absolute atomic E-state index is 9.18. The molecule has 0 radical (unpaired) electrons. The van der Waals surface area contributed by atoms with E-state index in [9.17, 15) is 5.11 Å². The van der Waals surface area contributed by atoms with Crippen LogP contribution in [0, 0.1) is 0 Å². The van der Waals surface area contributed by atoms with E-state index in [1.807, 2.05) is 4.68 Å². The van der Waals surface area contributed by atoms with Crippen molar-refractivity contribution in [2.75, 3.05) is 0 Å². The van der Waals surface area contributed by atoms with Gasteiger partial charge in [-0.2, -0.15) is 0 Å². The molecule has 1 N–H and O–H groups in total. The van der Waals surface area contributed by atoms with Crippen LogP contribution < -0.4 is 0 Å². The summed E-state index contributed by atoms with van der Waals surface area (Å²) in [5.41, 5.74) is 1.87. The van der Waals surface area contributed by atoms with Crippen LogP contribution in [0.25, 0.3) is 0 Å². The van der Waals surface area contributed by atoms with Crippen LogP contribution >= 0.6 is 0 Å². The third-order valence-corrected chi connectivity index (χ3v) is 3.03. The van der Waals surface area contributed by atoms with Crippen molar-refractivity contribution >= 4 is 0 Å². The second-order valence-corrected chi connectivity index (χ2v) is 4.53. The Hall–Kier alpha value is -0.900. The minimum Gasteiger partial charge on any atom is -0.390 e. The lowest BCUT2D eigenvalue weighted by Crippen LogP contribution is -2.06. The third-order valence-electron chi connectivity index (χ3n) is 3.03. The summed E-state index contributed by atoms with van der Waals surface area (Å²) in [6.45, 7) is 5.31. The second-order valence-electron chi connectivity index (χ2n) is 4.53. The Kier molecular flexibility index (Phi) is 6.86. The molecule has 4 heteroatoms. The largest absolute Gasteiger partial charge is 0.390 e. The lowest BCUT2D eigenvalue weighted by Gasteiger charge is -2.06. The van der Waals surface area contributed by atoms with Crippen molar-refractivity contribution in [3.8, 4) is 0 Å². The molecule has 98 valence electrons. The quantitative estimate of drug-likeness (QED) is 0.674. The Morgan fingerprint density at radius 3 is 2.47 bits per heavy atom. The average Bonchev–Trinajstić information content (AvgIpc) is 2.72. The Morgan fingerprint density at radius 1 is 1.06 bits per heavy atom. The summed E-state index contributed by atoms with van der Waals surface area (Å²) in [4.78, 5) is 0. The second kappa shape index (κ2) is 8.23. The first-order valence-electron chi connectivity index (χ1n) is 6.85. The van der Waals surface area contributed by atoms with Crippen LogP contribution in [0.3, 0.4) is 0 Å². The minimum atomic E-state index is 0.00513. The molecule has 0 aliphatic rings. The van der Waals surface area contributed by atoms with Crippen molar-refractivity contribution in [3.05, 3.63) is 11.4 Å². The molecule has 0 unspecified atom stereocenters. The highest BCUT2D eigenvalue weighted by Crippen LogP contribution is 2.11. The molecule has 0 fully saturated rings. The Balaban J connectivity index is 2.43.